The van der Waals surface area contributed by atoms with E-state index in [4.69, 9.17) is 0 Å². The minimum atomic E-state index is -0.153. The quantitative estimate of drug-likeness (QED) is 0.802. The summed E-state index contributed by atoms with van der Waals surface area (Å²) in [5.41, 5.74) is 1.26. The van der Waals surface area contributed by atoms with Gasteiger partial charge in [0.2, 0.25) is 5.91 Å². The van der Waals surface area contributed by atoms with E-state index in [2.05, 4.69) is 48.7 Å². The predicted octanol–water partition coefficient (Wildman–Crippen LogP) is 3.03. The molecule has 1 aliphatic rings. The molecule has 0 saturated heterocycles. The molecule has 0 aromatic heterocycles. The van der Waals surface area contributed by atoms with Crippen LogP contribution in [0.5, 0.6) is 0 Å². The molecule has 2 rings (SSSR count). The molecular weight excluding hydrogens is 248 g/mol. The van der Waals surface area contributed by atoms with Crippen molar-refractivity contribution in [3.05, 3.63) is 35.9 Å². The van der Waals surface area contributed by atoms with Gasteiger partial charge in [-0.1, -0.05) is 44.2 Å². The lowest BCUT2D eigenvalue weighted by Gasteiger charge is -2.25. The van der Waals surface area contributed by atoms with Crippen molar-refractivity contribution in [2.45, 2.75) is 58.2 Å². The zero-order valence-electron chi connectivity index (χ0n) is 12.7. The second-order valence-corrected chi connectivity index (χ2v) is 6.26. The Morgan fingerprint density at radius 2 is 1.85 bits per heavy atom. The van der Waals surface area contributed by atoms with Crippen LogP contribution in [0, 0.1) is 5.92 Å². The van der Waals surface area contributed by atoms with Gasteiger partial charge in [-0.15, -0.1) is 0 Å². The third kappa shape index (κ3) is 4.64. The van der Waals surface area contributed by atoms with Gasteiger partial charge in [0, 0.05) is 12.1 Å². The van der Waals surface area contributed by atoms with E-state index in [1.54, 1.807) is 0 Å². The Hall–Kier alpha value is -1.35. The first-order valence-electron chi connectivity index (χ1n) is 7.67. The van der Waals surface area contributed by atoms with Gasteiger partial charge in [0.1, 0.15) is 0 Å². The summed E-state index contributed by atoms with van der Waals surface area (Å²) in [6, 6.07) is 10.9. The molecule has 3 heteroatoms. The van der Waals surface area contributed by atoms with Crippen LogP contribution in [0.25, 0.3) is 0 Å². The molecule has 0 radical (unpaired) electrons. The highest BCUT2D eigenvalue weighted by Crippen LogP contribution is 2.22. The maximum atomic E-state index is 12.1. The molecule has 1 amide bonds. The average molecular weight is 274 g/mol. The third-order valence-corrected chi connectivity index (χ3v) is 3.68. The molecule has 0 bridgehead atoms. The van der Waals surface area contributed by atoms with Crippen molar-refractivity contribution in [2.24, 2.45) is 5.92 Å². The highest BCUT2D eigenvalue weighted by atomic mass is 16.2. The second-order valence-electron chi connectivity index (χ2n) is 6.26. The summed E-state index contributed by atoms with van der Waals surface area (Å²) >= 11 is 0. The predicted molar refractivity (Wildman–Crippen MR) is 82.4 cm³/mol. The molecule has 1 fully saturated rings. The maximum absolute atomic E-state index is 12.1. The minimum absolute atomic E-state index is 0.122. The van der Waals surface area contributed by atoms with Crippen molar-refractivity contribution < 1.29 is 4.79 Å². The van der Waals surface area contributed by atoms with Gasteiger partial charge in [-0.05, 0) is 37.7 Å². The fourth-order valence-corrected chi connectivity index (χ4v) is 2.39. The maximum Gasteiger partial charge on any atom is 0.237 e. The van der Waals surface area contributed by atoms with E-state index < -0.39 is 0 Å². The van der Waals surface area contributed by atoms with E-state index in [1.807, 2.05) is 13.0 Å². The number of nitrogens with one attached hydrogen (secondary N) is 2. The Labute approximate surface area is 122 Å². The summed E-state index contributed by atoms with van der Waals surface area (Å²) in [7, 11) is 0. The molecule has 2 atom stereocenters. The van der Waals surface area contributed by atoms with E-state index in [0.29, 0.717) is 12.0 Å². The first kappa shape index (κ1) is 15.0. The van der Waals surface area contributed by atoms with Crippen LogP contribution in [0.15, 0.2) is 30.3 Å². The monoisotopic (exact) mass is 274 g/mol. The SMILES string of the molecule is CC(C)CC(NC(C)C(=O)NC1CC1)c1ccccc1. The summed E-state index contributed by atoms with van der Waals surface area (Å²) in [6.07, 6.45) is 3.30. The standard InChI is InChI=1S/C17H26N2O/c1-12(2)11-16(14-7-5-4-6-8-14)18-13(3)17(20)19-15-9-10-15/h4-8,12-13,15-16,18H,9-11H2,1-3H3,(H,19,20). The van der Waals surface area contributed by atoms with E-state index in [-0.39, 0.29) is 18.0 Å². The molecule has 1 aromatic carbocycles. The molecule has 0 aliphatic heterocycles. The van der Waals surface area contributed by atoms with Crippen LogP contribution < -0.4 is 10.6 Å². The molecule has 1 saturated carbocycles. The van der Waals surface area contributed by atoms with Crippen LogP contribution >= 0.6 is 0 Å². The van der Waals surface area contributed by atoms with Gasteiger partial charge in [-0.2, -0.15) is 0 Å². The number of benzene rings is 1. The molecule has 0 heterocycles. The van der Waals surface area contributed by atoms with Gasteiger partial charge in [0.05, 0.1) is 6.04 Å². The van der Waals surface area contributed by atoms with Crippen molar-refractivity contribution >= 4 is 5.91 Å². The van der Waals surface area contributed by atoms with Crippen LogP contribution in [-0.4, -0.2) is 18.0 Å². The molecule has 20 heavy (non-hydrogen) atoms. The third-order valence-electron chi connectivity index (χ3n) is 3.68. The first-order chi connectivity index (χ1) is 9.56. The highest BCUT2D eigenvalue weighted by molar-refractivity contribution is 5.81. The van der Waals surface area contributed by atoms with Crippen molar-refractivity contribution in [2.75, 3.05) is 0 Å². The summed E-state index contributed by atoms with van der Waals surface area (Å²) in [4.78, 5) is 12.1. The normalized spacial score (nSPS) is 17.8. The largest absolute Gasteiger partial charge is 0.352 e. The van der Waals surface area contributed by atoms with Gasteiger partial charge in [-0.25, -0.2) is 0 Å². The Bertz CT molecular complexity index is 426. The number of hydrogen-bond acceptors (Lipinski definition) is 2. The smallest absolute Gasteiger partial charge is 0.237 e. The van der Waals surface area contributed by atoms with Crippen molar-refractivity contribution in [3.63, 3.8) is 0 Å². The molecule has 1 aromatic rings. The van der Waals surface area contributed by atoms with Crippen LogP contribution in [-0.2, 0) is 4.79 Å². The number of amides is 1. The number of hydrogen-bond donors (Lipinski definition) is 2. The van der Waals surface area contributed by atoms with Crippen LogP contribution in [0.2, 0.25) is 0 Å². The Balaban J connectivity index is 1.97. The Morgan fingerprint density at radius 1 is 1.20 bits per heavy atom. The number of rotatable bonds is 7. The van der Waals surface area contributed by atoms with Crippen LogP contribution in [0.1, 0.15) is 51.6 Å². The van der Waals surface area contributed by atoms with Gasteiger partial charge < -0.3 is 5.32 Å². The van der Waals surface area contributed by atoms with E-state index in [1.165, 1.54) is 5.56 Å². The van der Waals surface area contributed by atoms with E-state index >= 15 is 0 Å². The average Bonchev–Trinajstić information content (AvgIpc) is 3.22. The van der Waals surface area contributed by atoms with E-state index in [0.717, 1.165) is 19.3 Å². The lowest BCUT2D eigenvalue weighted by molar-refractivity contribution is -0.123. The lowest BCUT2D eigenvalue weighted by Crippen LogP contribution is -2.44. The molecule has 0 spiro atoms. The number of carbonyl (C=O) groups is 1. The lowest BCUT2D eigenvalue weighted by atomic mass is 9.96. The number of carbonyl (C=O) groups excluding carboxylic acids is 1. The molecular formula is C17H26N2O. The van der Waals surface area contributed by atoms with Gasteiger partial charge in [0.15, 0.2) is 0 Å². The molecule has 1 aliphatic carbocycles. The van der Waals surface area contributed by atoms with Crippen molar-refractivity contribution in [3.8, 4) is 0 Å². The fourth-order valence-electron chi connectivity index (χ4n) is 2.39. The molecule has 2 N–H and O–H groups in total. The summed E-state index contributed by atoms with van der Waals surface area (Å²) in [6.45, 7) is 6.38. The van der Waals surface area contributed by atoms with Crippen LogP contribution in [0.3, 0.4) is 0 Å². The van der Waals surface area contributed by atoms with E-state index in [9.17, 15) is 4.79 Å². The molecule has 3 nitrogen and oxygen atoms in total. The van der Waals surface area contributed by atoms with Gasteiger partial charge in [-0.3, -0.25) is 10.1 Å². The minimum Gasteiger partial charge on any atom is -0.352 e. The second kappa shape index (κ2) is 6.89. The zero-order valence-corrected chi connectivity index (χ0v) is 12.7. The van der Waals surface area contributed by atoms with Crippen molar-refractivity contribution in [1.82, 2.24) is 10.6 Å². The summed E-state index contributed by atoms with van der Waals surface area (Å²) < 4.78 is 0. The zero-order chi connectivity index (χ0) is 14.5. The van der Waals surface area contributed by atoms with Gasteiger partial charge >= 0.3 is 0 Å². The Morgan fingerprint density at radius 3 is 2.40 bits per heavy atom. The van der Waals surface area contributed by atoms with Gasteiger partial charge in [0.25, 0.3) is 0 Å². The fraction of sp³-hybridized carbons (Fsp3) is 0.588. The van der Waals surface area contributed by atoms with Crippen LogP contribution in [0.4, 0.5) is 0 Å². The van der Waals surface area contributed by atoms with Crippen molar-refractivity contribution in [1.29, 1.82) is 0 Å². The summed E-state index contributed by atoms with van der Waals surface area (Å²) in [5, 5.41) is 6.55. The first-order valence-corrected chi connectivity index (χ1v) is 7.67. The molecule has 2 unspecified atom stereocenters. The molecule has 110 valence electrons. The topological polar surface area (TPSA) is 41.1 Å². The Kier molecular flexibility index (Phi) is 5.18. The highest BCUT2D eigenvalue weighted by Gasteiger charge is 2.26. The summed E-state index contributed by atoms with van der Waals surface area (Å²) in [5.74, 6) is 0.712.